The highest BCUT2D eigenvalue weighted by molar-refractivity contribution is 5.81. The first-order valence-electron chi connectivity index (χ1n) is 8.20. The second-order valence-electron chi connectivity index (χ2n) is 5.64. The summed E-state index contributed by atoms with van der Waals surface area (Å²) < 4.78 is 63.8. The average Bonchev–Trinajstić information content (AvgIpc) is 2.66. The smallest absolute Gasteiger partial charge is 0.377 e. The molecule has 0 bridgehead atoms. The Morgan fingerprint density at radius 2 is 1.63 bits per heavy atom. The van der Waals surface area contributed by atoms with Gasteiger partial charge in [0.1, 0.15) is 12.4 Å². The van der Waals surface area contributed by atoms with Crippen molar-refractivity contribution >= 4 is 11.5 Å². The van der Waals surface area contributed by atoms with Crippen LogP contribution in [0.2, 0.25) is 0 Å². The summed E-state index contributed by atoms with van der Waals surface area (Å²) in [7, 11) is 0. The van der Waals surface area contributed by atoms with Crippen LogP contribution in [0.3, 0.4) is 0 Å². The second kappa shape index (κ2) is 9.21. The predicted octanol–water partition coefficient (Wildman–Crippen LogP) is 5.46. The van der Waals surface area contributed by atoms with Gasteiger partial charge in [0, 0.05) is 5.57 Å². The lowest BCUT2D eigenvalue weighted by molar-refractivity contribution is -0.170. The maximum atomic E-state index is 13.8. The van der Waals surface area contributed by atoms with Gasteiger partial charge in [0.2, 0.25) is 0 Å². The Bertz CT molecular complexity index is 783. The Balaban J connectivity index is 2.10. The summed E-state index contributed by atoms with van der Waals surface area (Å²) >= 11 is 0. The van der Waals surface area contributed by atoms with E-state index in [-0.39, 0.29) is 18.8 Å². The number of esters is 1. The molecule has 2 aromatic rings. The maximum Gasteiger partial charge on any atom is 0.377 e. The van der Waals surface area contributed by atoms with Crippen LogP contribution in [0.25, 0.3) is 5.57 Å². The molecule has 0 N–H and O–H groups in total. The number of carbonyl (C=O) groups is 1. The van der Waals surface area contributed by atoms with Gasteiger partial charge in [0.05, 0.1) is 13.0 Å². The molecule has 0 aromatic heterocycles. The van der Waals surface area contributed by atoms with Crippen LogP contribution < -0.4 is 4.74 Å². The van der Waals surface area contributed by atoms with Gasteiger partial charge in [-0.2, -0.15) is 17.6 Å². The van der Waals surface area contributed by atoms with Gasteiger partial charge >= 0.3 is 11.9 Å². The highest BCUT2D eigenvalue weighted by Gasteiger charge is 2.42. The first-order chi connectivity index (χ1) is 12.8. The van der Waals surface area contributed by atoms with Crippen molar-refractivity contribution in [2.45, 2.75) is 25.9 Å². The van der Waals surface area contributed by atoms with Crippen molar-refractivity contribution < 1.29 is 31.8 Å². The number of hydrogen-bond donors (Lipinski definition) is 0. The van der Waals surface area contributed by atoms with E-state index in [1.807, 2.05) is 30.3 Å². The van der Waals surface area contributed by atoms with Gasteiger partial charge in [-0.25, -0.2) is 4.79 Å². The Hall–Kier alpha value is -2.83. The summed E-state index contributed by atoms with van der Waals surface area (Å²) in [5.74, 6) is -5.47. The van der Waals surface area contributed by atoms with Crippen molar-refractivity contribution in [2.75, 3.05) is 6.61 Å². The molecular weight excluding hydrogens is 364 g/mol. The molecule has 27 heavy (non-hydrogen) atoms. The van der Waals surface area contributed by atoms with E-state index in [0.717, 1.165) is 5.56 Å². The summed E-state index contributed by atoms with van der Waals surface area (Å²) in [5, 5.41) is 0. The third-order valence-electron chi connectivity index (χ3n) is 3.65. The SMILES string of the molecule is CCOC(=O)C(F)(F)CC(=C(F)F)c1ccc(OCc2ccccc2)cc1. The maximum absolute atomic E-state index is 13.8. The first kappa shape index (κ1) is 20.5. The van der Waals surface area contributed by atoms with Gasteiger partial charge in [-0.05, 0) is 30.2 Å². The van der Waals surface area contributed by atoms with Crippen molar-refractivity contribution in [1.82, 2.24) is 0 Å². The zero-order chi connectivity index (χ0) is 19.9. The van der Waals surface area contributed by atoms with E-state index in [4.69, 9.17) is 4.74 Å². The lowest BCUT2D eigenvalue weighted by atomic mass is 10.00. The van der Waals surface area contributed by atoms with Gasteiger partial charge in [-0.1, -0.05) is 42.5 Å². The molecule has 0 atom stereocenters. The van der Waals surface area contributed by atoms with Crippen LogP contribution in [0.5, 0.6) is 5.75 Å². The summed E-state index contributed by atoms with van der Waals surface area (Å²) in [6.07, 6.45) is -3.73. The van der Waals surface area contributed by atoms with Crippen molar-refractivity contribution in [3.63, 3.8) is 0 Å². The molecule has 3 nitrogen and oxygen atoms in total. The zero-order valence-corrected chi connectivity index (χ0v) is 14.6. The summed E-state index contributed by atoms with van der Waals surface area (Å²) in [6.45, 7) is 1.37. The van der Waals surface area contributed by atoms with Crippen molar-refractivity contribution in [3.8, 4) is 5.75 Å². The van der Waals surface area contributed by atoms with E-state index in [2.05, 4.69) is 4.74 Å². The molecule has 144 valence electrons. The Kier molecular flexibility index (Phi) is 6.98. The molecule has 0 amide bonds. The average molecular weight is 382 g/mol. The quantitative estimate of drug-likeness (QED) is 0.449. The van der Waals surface area contributed by atoms with Crippen LogP contribution in [0.15, 0.2) is 60.7 Å². The second-order valence-corrected chi connectivity index (χ2v) is 5.64. The molecule has 0 unspecified atom stereocenters. The number of benzene rings is 2. The van der Waals surface area contributed by atoms with Crippen LogP contribution >= 0.6 is 0 Å². The van der Waals surface area contributed by atoms with Gasteiger partial charge < -0.3 is 9.47 Å². The minimum atomic E-state index is -4.04. The van der Waals surface area contributed by atoms with Gasteiger partial charge in [0.25, 0.3) is 6.08 Å². The molecule has 0 fully saturated rings. The minimum Gasteiger partial charge on any atom is -0.489 e. The van der Waals surface area contributed by atoms with E-state index in [1.54, 1.807) is 0 Å². The molecule has 0 saturated carbocycles. The van der Waals surface area contributed by atoms with Crippen molar-refractivity contribution in [1.29, 1.82) is 0 Å². The highest BCUT2D eigenvalue weighted by atomic mass is 19.3. The summed E-state index contributed by atoms with van der Waals surface area (Å²) in [5.41, 5.74) is -0.111. The molecule has 0 radical (unpaired) electrons. The molecule has 0 aliphatic carbocycles. The van der Waals surface area contributed by atoms with Gasteiger partial charge in [-0.3, -0.25) is 0 Å². The molecule has 7 heteroatoms. The summed E-state index contributed by atoms with van der Waals surface area (Å²) in [4.78, 5) is 11.3. The normalized spacial score (nSPS) is 11.0. The fourth-order valence-corrected chi connectivity index (χ4v) is 2.30. The minimum absolute atomic E-state index is 0.119. The number of ether oxygens (including phenoxy) is 2. The standard InChI is InChI=1S/C20H18F4O3/c1-2-26-19(25)20(23,24)12-17(18(21)22)15-8-10-16(11-9-15)27-13-14-6-4-3-5-7-14/h3-11H,2,12-13H2,1H3. The Labute approximate surface area is 154 Å². The first-order valence-corrected chi connectivity index (χ1v) is 8.20. The third-order valence-corrected chi connectivity index (χ3v) is 3.65. The molecule has 2 aromatic carbocycles. The van der Waals surface area contributed by atoms with Crippen LogP contribution in [0.4, 0.5) is 17.6 Å². The van der Waals surface area contributed by atoms with E-state index >= 15 is 0 Å². The lowest BCUT2D eigenvalue weighted by Gasteiger charge is -2.16. The highest BCUT2D eigenvalue weighted by Crippen LogP contribution is 2.34. The van der Waals surface area contributed by atoms with E-state index in [1.165, 1.54) is 31.2 Å². The van der Waals surface area contributed by atoms with Gasteiger partial charge in [0.15, 0.2) is 0 Å². The number of carbonyl (C=O) groups excluding carboxylic acids is 1. The monoisotopic (exact) mass is 382 g/mol. The van der Waals surface area contributed by atoms with Crippen LogP contribution in [-0.2, 0) is 16.1 Å². The van der Waals surface area contributed by atoms with Crippen LogP contribution in [0.1, 0.15) is 24.5 Å². The predicted molar refractivity (Wildman–Crippen MR) is 92.5 cm³/mol. The Morgan fingerprint density at radius 1 is 1.00 bits per heavy atom. The van der Waals surface area contributed by atoms with Crippen molar-refractivity contribution in [2.24, 2.45) is 0 Å². The van der Waals surface area contributed by atoms with Crippen LogP contribution in [-0.4, -0.2) is 18.5 Å². The topological polar surface area (TPSA) is 35.5 Å². The van der Waals surface area contributed by atoms with E-state index in [9.17, 15) is 22.4 Å². The fraction of sp³-hybridized carbons (Fsp3) is 0.250. The Morgan fingerprint density at radius 3 is 2.19 bits per heavy atom. The molecule has 2 rings (SSSR count). The molecule has 0 heterocycles. The zero-order valence-electron chi connectivity index (χ0n) is 14.6. The van der Waals surface area contributed by atoms with E-state index in [0.29, 0.717) is 5.75 Å². The van der Waals surface area contributed by atoms with Crippen molar-refractivity contribution in [3.05, 3.63) is 71.8 Å². The number of rotatable bonds is 8. The number of alkyl halides is 2. The fourth-order valence-electron chi connectivity index (χ4n) is 2.30. The van der Waals surface area contributed by atoms with Crippen LogP contribution in [0, 0.1) is 0 Å². The largest absolute Gasteiger partial charge is 0.489 e. The molecule has 0 aliphatic rings. The number of hydrogen-bond acceptors (Lipinski definition) is 3. The number of allylic oxidation sites excluding steroid dienone is 1. The molecule has 0 aliphatic heterocycles. The van der Waals surface area contributed by atoms with Gasteiger partial charge in [-0.15, -0.1) is 0 Å². The summed E-state index contributed by atoms with van der Waals surface area (Å²) in [6, 6.07) is 14.6. The third kappa shape index (κ3) is 5.84. The molecule has 0 spiro atoms. The lowest BCUT2D eigenvalue weighted by Crippen LogP contribution is -2.31. The number of halogens is 4. The molecule has 0 saturated heterocycles. The molecular formula is C20H18F4O3. The van der Waals surface area contributed by atoms with E-state index < -0.39 is 30.0 Å².